The minimum Gasteiger partial charge on any atom is -0.350 e. The van der Waals surface area contributed by atoms with Gasteiger partial charge < -0.3 is 9.13 Å². The number of aryl methyl sites for hydroxylation is 3. The Morgan fingerprint density at radius 3 is 1.79 bits per heavy atom. The Morgan fingerprint density at radius 2 is 1.24 bits per heavy atom. The highest BCUT2D eigenvalue weighted by atomic mass is 14.9. The lowest BCUT2D eigenvalue weighted by atomic mass is 9.85. The van der Waals surface area contributed by atoms with E-state index in [4.69, 9.17) is 4.98 Å². The Labute approximate surface area is 171 Å². The molecule has 0 N–H and O–H groups in total. The van der Waals surface area contributed by atoms with Gasteiger partial charge in [-0.1, -0.05) is 36.4 Å². The van der Waals surface area contributed by atoms with Crippen LogP contribution in [0.15, 0.2) is 73.2 Å². The van der Waals surface area contributed by atoms with Crippen LogP contribution in [0.1, 0.15) is 33.9 Å². The molecule has 0 saturated heterocycles. The van der Waals surface area contributed by atoms with Crippen molar-refractivity contribution in [3.05, 3.63) is 101 Å². The third kappa shape index (κ3) is 2.69. The van der Waals surface area contributed by atoms with E-state index in [-0.39, 0.29) is 5.92 Å². The standard InChI is InChI=1S/C26H25N3/c1-17-13-14-27-26(18(17)2)25(21-15-28(3)23-11-7-5-9-19(21)23)22-16-29(4)24-12-8-6-10-20(22)24/h5-16,25H,1-4H3. The lowest BCUT2D eigenvalue weighted by Gasteiger charge is -2.19. The van der Waals surface area contributed by atoms with E-state index >= 15 is 0 Å². The first-order valence-corrected chi connectivity index (χ1v) is 10.1. The van der Waals surface area contributed by atoms with Gasteiger partial charge in [0.2, 0.25) is 0 Å². The number of aromatic nitrogens is 3. The molecule has 3 heterocycles. The molecule has 0 spiro atoms. The van der Waals surface area contributed by atoms with Crippen LogP contribution >= 0.6 is 0 Å². The molecule has 0 bridgehead atoms. The topological polar surface area (TPSA) is 22.8 Å². The number of fused-ring (bicyclic) bond motifs is 2. The molecule has 0 radical (unpaired) electrons. The van der Waals surface area contributed by atoms with E-state index in [1.165, 1.54) is 44.1 Å². The van der Waals surface area contributed by atoms with Crippen LogP contribution in [0.5, 0.6) is 0 Å². The fourth-order valence-electron chi connectivity index (χ4n) is 4.61. The van der Waals surface area contributed by atoms with Gasteiger partial charge in [-0.3, -0.25) is 4.98 Å². The summed E-state index contributed by atoms with van der Waals surface area (Å²) in [5.74, 6) is 0.0760. The maximum atomic E-state index is 4.91. The number of pyridine rings is 1. The van der Waals surface area contributed by atoms with Gasteiger partial charge in [0.15, 0.2) is 0 Å². The minimum absolute atomic E-state index is 0.0760. The van der Waals surface area contributed by atoms with Crippen LogP contribution in [0, 0.1) is 13.8 Å². The Morgan fingerprint density at radius 1 is 0.724 bits per heavy atom. The molecule has 0 amide bonds. The molecular formula is C26H25N3. The molecule has 0 atom stereocenters. The van der Waals surface area contributed by atoms with E-state index in [0.29, 0.717) is 0 Å². The van der Waals surface area contributed by atoms with Crippen molar-refractivity contribution in [2.24, 2.45) is 14.1 Å². The normalized spacial score (nSPS) is 11.8. The van der Waals surface area contributed by atoms with Gasteiger partial charge in [-0.25, -0.2) is 0 Å². The fourth-order valence-corrected chi connectivity index (χ4v) is 4.61. The van der Waals surface area contributed by atoms with Crippen molar-refractivity contribution < 1.29 is 0 Å². The van der Waals surface area contributed by atoms with Gasteiger partial charge in [-0.05, 0) is 54.3 Å². The SMILES string of the molecule is Cc1ccnc(C(c2cn(C)c3ccccc23)c2cn(C)c3ccccc23)c1C. The van der Waals surface area contributed by atoms with Crippen LogP contribution in [-0.4, -0.2) is 14.1 Å². The Hall–Kier alpha value is -3.33. The summed E-state index contributed by atoms with van der Waals surface area (Å²) in [7, 11) is 4.26. The van der Waals surface area contributed by atoms with Crippen LogP contribution in [-0.2, 0) is 14.1 Å². The molecule has 144 valence electrons. The quantitative estimate of drug-likeness (QED) is 0.385. The Kier molecular flexibility index (Phi) is 4.06. The van der Waals surface area contributed by atoms with Crippen molar-refractivity contribution in [3.8, 4) is 0 Å². The molecule has 3 heteroatoms. The average Bonchev–Trinajstić information content (AvgIpc) is 3.24. The van der Waals surface area contributed by atoms with Gasteiger partial charge in [-0.2, -0.15) is 0 Å². The third-order valence-corrected chi connectivity index (χ3v) is 6.26. The lowest BCUT2D eigenvalue weighted by Crippen LogP contribution is -2.08. The van der Waals surface area contributed by atoms with Crippen molar-refractivity contribution in [2.45, 2.75) is 19.8 Å². The zero-order chi connectivity index (χ0) is 20.1. The summed E-state index contributed by atoms with van der Waals surface area (Å²) in [5, 5.41) is 2.58. The Bertz CT molecular complexity index is 1270. The minimum atomic E-state index is 0.0760. The molecule has 0 aliphatic carbocycles. The van der Waals surface area contributed by atoms with Gasteiger partial charge in [0.05, 0.1) is 11.6 Å². The summed E-state index contributed by atoms with van der Waals surface area (Å²) in [4.78, 5) is 4.91. The highest BCUT2D eigenvalue weighted by Crippen LogP contribution is 2.41. The highest BCUT2D eigenvalue weighted by molar-refractivity contribution is 5.89. The fraction of sp³-hybridized carbons (Fsp3) is 0.192. The molecule has 5 aromatic rings. The summed E-state index contributed by atoms with van der Waals surface area (Å²) in [6.07, 6.45) is 6.50. The number of nitrogens with zero attached hydrogens (tertiary/aromatic N) is 3. The molecule has 29 heavy (non-hydrogen) atoms. The number of para-hydroxylation sites is 2. The summed E-state index contributed by atoms with van der Waals surface area (Å²) in [6, 6.07) is 19.4. The van der Waals surface area contributed by atoms with Crippen molar-refractivity contribution in [1.82, 2.24) is 14.1 Å². The van der Waals surface area contributed by atoms with Gasteiger partial charge in [-0.15, -0.1) is 0 Å². The predicted molar refractivity (Wildman–Crippen MR) is 120 cm³/mol. The van der Waals surface area contributed by atoms with Crippen molar-refractivity contribution in [1.29, 1.82) is 0 Å². The summed E-state index contributed by atoms with van der Waals surface area (Å²) in [5.41, 5.74) is 8.79. The summed E-state index contributed by atoms with van der Waals surface area (Å²) < 4.78 is 4.46. The predicted octanol–water partition coefficient (Wildman–Crippen LogP) is 5.86. The highest BCUT2D eigenvalue weighted by Gasteiger charge is 2.27. The van der Waals surface area contributed by atoms with Crippen LogP contribution in [0.3, 0.4) is 0 Å². The van der Waals surface area contributed by atoms with Crippen LogP contribution < -0.4 is 0 Å². The zero-order valence-corrected chi connectivity index (χ0v) is 17.3. The number of hydrogen-bond acceptors (Lipinski definition) is 1. The van der Waals surface area contributed by atoms with Crippen molar-refractivity contribution in [3.63, 3.8) is 0 Å². The maximum Gasteiger partial charge on any atom is 0.0558 e. The molecule has 0 unspecified atom stereocenters. The zero-order valence-electron chi connectivity index (χ0n) is 17.3. The second-order valence-corrected chi connectivity index (χ2v) is 8.00. The van der Waals surface area contributed by atoms with Crippen LogP contribution in [0.2, 0.25) is 0 Å². The van der Waals surface area contributed by atoms with E-state index in [1.54, 1.807) is 0 Å². The second-order valence-electron chi connectivity index (χ2n) is 8.00. The first kappa shape index (κ1) is 17.7. The third-order valence-electron chi connectivity index (χ3n) is 6.26. The maximum absolute atomic E-state index is 4.91. The number of benzene rings is 2. The average molecular weight is 380 g/mol. The van der Waals surface area contributed by atoms with Crippen LogP contribution in [0.25, 0.3) is 21.8 Å². The first-order chi connectivity index (χ1) is 14.1. The molecule has 0 fully saturated rings. The lowest BCUT2D eigenvalue weighted by molar-refractivity contribution is 0.875. The molecule has 0 saturated carbocycles. The number of hydrogen-bond donors (Lipinski definition) is 0. The van der Waals surface area contributed by atoms with Crippen molar-refractivity contribution in [2.75, 3.05) is 0 Å². The van der Waals surface area contributed by atoms with E-state index < -0.39 is 0 Å². The smallest absolute Gasteiger partial charge is 0.0558 e. The molecule has 3 aromatic heterocycles. The molecule has 0 aliphatic heterocycles. The second kappa shape index (κ2) is 6.63. The molecule has 5 rings (SSSR count). The molecule has 2 aromatic carbocycles. The van der Waals surface area contributed by atoms with E-state index in [9.17, 15) is 0 Å². The van der Waals surface area contributed by atoms with Gasteiger partial charge in [0.1, 0.15) is 0 Å². The van der Waals surface area contributed by atoms with Gasteiger partial charge >= 0.3 is 0 Å². The monoisotopic (exact) mass is 379 g/mol. The van der Waals surface area contributed by atoms with Gasteiger partial charge in [0.25, 0.3) is 0 Å². The largest absolute Gasteiger partial charge is 0.350 e. The Balaban J connectivity index is 1.88. The van der Waals surface area contributed by atoms with E-state index in [0.717, 1.165) is 5.69 Å². The summed E-state index contributed by atoms with van der Waals surface area (Å²) in [6.45, 7) is 4.37. The molecule has 0 aliphatic rings. The number of rotatable bonds is 3. The van der Waals surface area contributed by atoms with E-state index in [2.05, 4.69) is 104 Å². The summed E-state index contributed by atoms with van der Waals surface area (Å²) >= 11 is 0. The van der Waals surface area contributed by atoms with Crippen molar-refractivity contribution >= 4 is 21.8 Å². The van der Waals surface area contributed by atoms with E-state index in [1.807, 2.05) is 6.20 Å². The first-order valence-electron chi connectivity index (χ1n) is 10.1. The van der Waals surface area contributed by atoms with Gasteiger partial charge in [0, 0.05) is 54.5 Å². The molecular weight excluding hydrogens is 354 g/mol. The molecule has 3 nitrogen and oxygen atoms in total. The van der Waals surface area contributed by atoms with Crippen LogP contribution in [0.4, 0.5) is 0 Å².